The first kappa shape index (κ1) is 34.6. The van der Waals surface area contributed by atoms with E-state index in [9.17, 15) is 0 Å². The first-order chi connectivity index (χ1) is 28.2. The minimum Gasteiger partial charge on any atom is -0.252 e. The van der Waals surface area contributed by atoms with Crippen LogP contribution in [0, 0.1) is 0 Å². The Hall–Kier alpha value is -6.83. The van der Waals surface area contributed by atoms with Crippen molar-refractivity contribution in [3.63, 3.8) is 0 Å². The van der Waals surface area contributed by atoms with Crippen molar-refractivity contribution in [3.8, 4) is 22.3 Å². The van der Waals surface area contributed by atoms with E-state index in [1.165, 1.54) is 77.6 Å². The molecule has 2 aliphatic rings. The van der Waals surface area contributed by atoms with Crippen LogP contribution in [0.15, 0.2) is 217 Å². The third-order valence-corrected chi connectivity index (χ3v) is 12.1. The lowest BCUT2D eigenvalue weighted by Crippen LogP contribution is -2.28. The van der Waals surface area contributed by atoms with Crippen molar-refractivity contribution in [1.29, 1.82) is 0 Å². The highest BCUT2D eigenvalue weighted by Crippen LogP contribution is 2.58. The van der Waals surface area contributed by atoms with Crippen molar-refractivity contribution in [2.24, 2.45) is 4.99 Å². The number of fused-ring (bicyclic) bond motifs is 4. The van der Waals surface area contributed by atoms with Gasteiger partial charge in [0.1, 0.15) is 0 Å². The van der Waals surface area contributed by atoms with E-state index in [1.807, 2.05) is 0 Å². The average Bonchev–Trinajstić information content (AvgIpc) is 3.62. The Labute approximate surface area is 336 Å². The third-order valence-electron chi connectivity index (χ3n) is 12.1. The van der Waals surface area contributed by atoms with Gasteiger partial charge in [-0.1, -0.05) is 200 Å². The zero-order valence-electron chi connectivity index (χ0n) is 32.2. The molecular weight excluding hydrogens is 687 g/mol. The van der Waals surface area contributed by atoms with Crippen LogP contribution in [-0.4, -0.2) is 5.71 Å². The summed E-state index contributed by atoms with van der Waals surface area (Å²) in [6, 6.07) is 73.5. The lowest BCUT2D eigenvalue weighted by Gasteiger charge is -2.34. The smallest absolute Gasteiger partial charge is 0.0713 e. The fourth-order valence-electron chi connectivity index (χ4n) is 9.47. The van der Waals surface area contributed by atoms with E-state index in [0.717, 1.165) is 36.2 Å². The molecule has 0 atom stereocenters. The number of benzene rings is 8. The highest BCUT2D eigenvalue weighted by atomic mass is 14.8. The van der Waals surface area contributed by atoms with Crippen LogP contribution < -0.4 is 0 Å². The van der Waals surface area contributed by atoms with E-state index in [2.05, 4.69) is 213 Å². The predicted octanol–water partition coefficient (Wildman–Crippen LogP) is 14.4. The number of hydrogen-bond acceptors (Lipinski definition) is 1. The van der Waals surface area contributed by atoms with E-state index >= 15 is 0 Å². The maximum atomic E-state index is 5.35. The Morgan fingerprint density at radius 1 is 0.456 bits per heavy atom. The van der Waals surface area contributed by atoms with E-state index in [-0.39, 0.29) is 0 Å². The van der Waals surface area contributed by atoms with Crippen LogP contribution in [0.2, 0.25) is 0 Å². The minimum absolute atomic E-state index is 0.424. The molecule has 10 rings (SSSR count). The molecule has 0 radical (unpaired) electrons. The molecule has 1 nitrogen and oxygen atoms in total. The Balaban J connectivity index is 1.10. The molecule has 0 bridgehead atoms. The molecule has 1 heterocycles. The third kappa shape index (κ3) is 6.08. The van der Waals surface area contributed by atoms with E-state index in [1.54, 1.807) is 0 Å². The summed E-state index contributed by atoms with van der Waals surface area (Å²) in [5, 5.41) is 2.50. The van der Waals surface area contributed by atoms with Crippen molar-refractivity contribution in [2.45, 2.75) is 31.6 Å². The Kier molecular flexibility index (Phi) is 8.92. The molecule has 0 fully saturated rings. The molecule has 0 amide bonds. The van der Waals surface area contributed by atoms with Crippen LogP contribution in [0.1, 0.15) is 65.1 Å². The summed E-state index contributed by atoms with van der Waals surface area (Å²) in [7, 11) is 0. The lowest BCUT2D eigenvalue weighted by molar-refractivity contribution is 0.768. The summed E-state index contributed by atoms with van der Waals surface area (Å²) in [4.78, 5) is 5.35. The average molecular weight is 730 g/mol. The zero-order chi connectivity index (χ0) is 38.2. The van der Waals surface area contributed by atoms with Gasteiger partial charge in [-0.2, -0.15) is 0 Å². The predicted molar refractivity (Wildman–Crippen MR) is 241 cm³/mol. The highest BCUT2D eigenvalue weighted by molar-refractivity contribution is 6.06. The summed E-state index contributed by atoms with van der Waals surface area (Å²) in [6.45, 7) is 2.30. The molecule has 0 saturated heterocycles. The number of nitrogens with zero attached hydrogens (tertiary/aromatic N) is 1. The van der Waals surface area contributed by atoms with Gasteiger partial charge in [-0.05, 0) is 109 Å². The summed E-state index contributed by atoms with van der Waals surface area (Å²) in [5.41, 5.74) is 18.5. The molecular formula is C56H43N. The number of hydrogen-bond donors (Lipinski definition) is 0. The fraction of sp³-hybridized carbons (Fsp3) is 0.0893. The van der Waals surface area contributed by atoms with Crippen molar-refractivity contribution >= 4 is 27.8 Å². The van der Waals surface area contributed by atoms with Crippen molar-refractivity contribution in [2.75, 3.05) is 0 Å². The van der Waals surface area contributed by atoms with Gasteiger partial charge in [0, 0.05) is 6.42 Å². The summed E-state index contributed by atoms with van der Waals surface area (Å²) in [5.74, 6) is 0. The Morgan fingerprint density at radius 2 is 1.02 bits per heavy atom. The molecule has 1 aliphatic heterocycles. The molecule has 272 valence electrons. The van der Waals surface area contributed by atoms with Crippen LogP contribution in [0.5, 0.6) is 0 Å². The Morgan fingerprint density at radius 3 is 1.72 bits per heavy atom. The topological polar surface area (TPSA) is 12.4 Å². The van der Waals surface area contributed by atoms with Crippen LogP contribution in [0.3, 0.4) is 0 Å². The maximum Gasteiger partial charge on any atom is 0.0713 e. The zero-order valence-corrected chi connectivity index (χ0v) is 32.2. The van der Waals surface area contributed by atoms with Crippen LogP contribution in [0.25, 0.3) is 44.3 Å². The normalized spacial score (nSPS) is 17.0. The lowest BCUT2D eigenvalue weighted by atomic mass is 9.67. The van der Waals surface area contributed by atoms with Gasteiger partial charge in [0.2, 0.25) is 0 Å². The number of allylic oxidation sites excluding steroid dienone is 3. The summed E-state index contributed by atoms with van der Waals surface area (Å²) in [6.07, 6.45) is 4.99. The van der Waals surface area contributed by atoms with Crippen LogP contribution in [0.4, 0.5) is 0 Å². The number of rotatable bonds is 6. The molecule has 0 unspecified atom stereocenters. The molecule has 0 N–H and O–H groups in total. The molecule has 0 spiro atoms. The van der Waals surface area contributed by atoms with Gasteiger partial charge in [0.05, 0.1) is 16.8 Å². The molecule has 57 heavy (non-hydrogen) atoms. The molecule has 1 heteroatoms. The molecule has 8 aromatic rings. The highest BCUT2D eigenvalue weighted by Gasteiger charge is 2.46. The number of aliphatic imine (C=N–C) groups is 1. The van der Waals surface area contributed by atoms with Gasteiger partial charge >= 0.3 is 0 Å². The largest absolute Gasteiger partial charge is 0.252 e. The van der Waals surface area contributed by atoms with Crippen LogP contribution >= 0.6 is 0 Å². The van der Waals surface area contributed by atoms with E-state index in [4.69, 9.17) is 4.99 Å². The standard InChI is InChI=1S/C56H43N/c1-39-36-54(42-20-8-3-9-21-42)57-53(41-18-6-2-7-19-41)31-17-27-48(39)43-34-32-40-33-35-44(38-45(40)37-43)49-28-16-30-52-55(49)50-26-14-15-29-51(50)56(52,46-22-10-4-11-23-46)47-24-12-5-13-25-47/h2-16,18-26,28-35,37-38H,17,27,36H2,1H3/b48-39+,53-31+,57-54?. The van der Waals surface area contributed by atoms with Crippen molar-refractivity contribution in [1.82, 2.24) is 0 Å². The second-order valence-corrected chi connectivity index (χ2v) is 15.4. The molecule has 8 aromatic carbocycles. The van der Waals surface area contributed by atoms with Gasteiger partial charge in [-0.15, -0.1) is 0 Å². The van der Waals surface area contributed by atoms with Gasteiger partial charge in [-0.25, -0.2) is 0 Å². The quantitative estimate of drug-likeness (QED) is 0.162. The SMILES string of the molecule is C/C1=C(\c2ccc3ccc(-c4cccc5c4-c4ccccc4C5(c4ccccc4)c4ccccc4)cc3c2)CC/C=C(\c2ccccc2)N=C(c2ccccc2)C1. The van der Waals surface area contributed by atoms with Gasteiger partial charge in [0.15, 0.2) is 0 Å². The second kappa shape index (κ2) is 14.7. The second-order valence-electron chi connectivity index (χ2n) is 15.4. The monoisotopic (exact) mass is 729 g/mol. The fourth-order valence-corrected chi connectivity index (χ4v) is 9.47. The summed E-state index contributed by atoms with van der Waals surface area (Å²) >= 11 is 0. The van der Waals surface area contributed by atoms with Gasteiger partial charge < -0.3 is 0 Å². The van der Waals surface area contributed by atoms with Crippen molar-refractivity contribution in [3.05, 3.63) is 251 Å². The van der Waals surface area contributed by atoms with Gasteiger partial charge in [-0.3, -0.25) is 4.99 Å². The van der Waals surface area contributed by atoms with Crippen LogP contribution in [-0.2, 0) is 5.41 Å². The van der Waals surface area contributed by atoms with E-state index < -0.39 is 5.41 Å². The molecule has 0 saturated carbocycles. The first-order valence-electron chi connectivity index (χ1n) is 20.1. The van der Waals surface area contributed by atoms with Gasteiger partial charge in [0.25, 0.3) is 0 Å². The summed E-state index contributed by atoms with van der Waals surface area (Å²) < 4.78 is 0. The first-order valence-corrected chi connectivity index (χ1v) is 20.1. The Bertz CT molecular complexity index is 2800. The van der Waals surface area contributed by atoms with E-state index in [0.29, 0.717) is 0 Å². The van der Waals surface area contributed by atoms with Crippen molar-refractivity contribution < 1.29 is 0 Å². The molecule has 0 aromatic heterocycles. The maximum absolute atomic E-state index is 5.35. The molecule has 1 aliphatic carbocycles. The minimum atomic E-state index is -0.424.